The van der Waals surface area contributed by atoms with E-state index in [1.807, 2.05) is 61.5 Å². The quantitative estimate of drug-likeness (QED) is 0.640. The number of rotatable bonds is 4. The first-order valence-corrected chi connectivity index (χ1v) is 6.06. The molecule has 0 aliphatic carbocycles. The number of para-hydroxylation sites is 1. The molecule has 0 unspecified atom stereocenters. The van der Waals surface area contributed by atoms with E-state index >= 15 is 0 Å². The lowest BCUT2D eigenvalue weighted by Crippen LogP contribution is -1.93. The van der Waals surface area contributed by atoms with E-state index in [1.54, 1.807) is 12.1 Å². The summed E-state index contributed by atoms with van der Waals surface area (Å²) in [7, 11) is 0. The summed E-state index contributed by atoms with van der Waals surface area (Å²) in [6.07, 6.45) is 3.87. The first-order chi connectivity index (χ1) is 9.24. The highest BCUT2D eigenvalue weighted by molar-refractivity contribution is 5.96. The molecular formula is C16H16N2O. The van der Waals surface area contributed by atoms with Crippen molar-refractivity contribution in [2.75, 3.05) is 5.43 Å². The Morgan fingerprint density at radius 3 is 2.42 bits per heavy atom. The second-order valence-electron chi connectivity index (χ2n) is 4.16. The number of aromatic hydroxyl groups is 1. The molecule has 0 aliphatic heterocycles. The number of nitrogens with one attached hydrogen (secondary N) is 1. The van der Waals surface area contributed by atoms with E-state index in [0.717, 1.165) is 17.0 Å². The van der Waals surface area contributed by atoms with Crippen LogP contribution in [-0.2, 0) is 0 Å². The summed E-state index contributed by atoms with van der Waals surface area (Å²) < 4.78 is 0. The molecule has 2 N–H and O–H groups in total. The SMILES string of the molecule is CC(C=Cc1ccc(O)cc1)=NNc1ccccc1. The average molecular weight is 252 g/mol. The van der Waals surface area contributed by atoms with Gasteiger partial charge in [0, 0.05) is 0 Å². The Hall–Kier alpha value is -2.55. The number of hydrogen-bond acceptors (Lipinski definition) is 3. The van der Waals surface area contributed by atoms with Crippen molar-refractivity contribution >= 4 is 17.5 Å². The van der Waals surface area contributed by atoms with E-state index in [2.05, 4.69) is 10.5 Å². The van der Waals surface area contributed by atoms with E-state index in [1.165, 1.54) is 0 Å². The third-order valence-electron chi connectivity index (χ3n) is 2.55. The molecular weight excluding hydrogens is 236 g/mol. The number of nitrogens with zero attached hydrogens (tertiary/aromatic N) is 1. The van der Waals surface area contributed by atoms with Gasteiger partial charge in [0.25, 0.3) is 0 Å². The maximum absolute atomic E-state index is 9.19. The fourth-order valence-corrected chi connectivity index (χ4v) is 1.50. The second-order valence-corrected chi connectivity index (χ2v) is 4.16. The van der Waals surface area contributed by atoms with Crippen LogP contribution >= 0.6 is 0 Å². The zero-order valence-electron chi connectivity index (χ0n) is 10.7. The lowest BCUT2D eigenvalue weighted by Gasteiger charge is -2.00. The minimum atomic E-state index is 0.272. The molecule has 2 aromatic carbocycles. The molecule has 0 radical (unpaired) electrons. The molecule has 0 aromatic heterocycles. The van der Waals surface area contributed by atoms with Crippen molar-refractivity contribution in [1.82, 2.24) is 0 Å². The highest BCUT2D eigenvalue weighted by atomic mass is 16.3. The van der Waals surface area contributed by atoms with E-state index in [0.29, 0.717) is 0 Å². The number of hydrazone groups is 1. The number of phenolic OH excluding ortho intramolecular Hbond substituents is 1. The van der Waals surface area contributed by atoms with Crippen LogP contribution in [-0.4, -0.2) is 10.8 Å². The molecule has 0 saturated heterocycles. The van der Waals surface area contributed by atoms with Gasteiger partial charge in [0.1, 0.15) is 5.75 Å². The van der Waals surface area contributed by atoms with Crippen molar-refractivity contribution in [3.63, 3.8) is 0 Å². The third kappa shape index (κ3) is 4.32. The van der Waals surface area contributed by atoms with Crippen molar-refractivity contribution in [3.05, 3.63) is 66.2 Å². The van der Waals surface area contributed by atoms with Crippen LogP contribution in [0.3, 0.4) is 0 Å². The van der Waals surface area contributed by atoms with E-state index < -0.39 is 0 Å². The number of phenols is 1. The molecule has 0 atom stereocenters. The number of benzene rings is 2. The summed E-state index contributed by atoms with van der Waals surface area (Å²) in [5.41, 5.74) is 5.84. The highest BCUT2D eigenvalue weighted by Crippen LogP contribution is 2.11. The van der Waals surface area contributed by atoms with Gasteiger partial charge in [-0.2, -0.15) is 5.10 Å². The molecule has 19 heavy (non-hydrogen) atoms. The van der Waals surface area contributed by atoms with Gasteiger partial charge in [0.2, 0.25) is 0 Å². The van der Waals surface area contributed by atoms with Crippen molar-refractivity contribution < 1.29 is 5.11 Å². The molecule has 0 bridgehead atoms. The smallest absolute Gasteiger partial charge is 0.115 e. The summed E-state index contributed by atoms with van der Waals surface area (Å²) in [5, 5.41) is 13.4. The normalized spacial score (nSPS) is 11.7. The molecule has 0 fully saturated rings. The van der Waals surface area contributed by atoms with E-state index in [4.69, 9.17) is 0 Å². The third-order valence-corrected chi connectivity index (χ3v) is 2.55. The number of anilines is 1. The highest BCUT2D eigenvalue weighted by Gasteiger charge is 1.90. The molecule has 0 aliphatic rings. The van der Waals surface area contributed by atoms with Gasteiger partial charge in [-0.1, -0.05) is 36.4 Å². The van der Waals surface area contributed by atoms with Gasteiger partial charge in [0.05, 0.1) is 11.4 Å². The number of allylic oxidation sites excluding steroid dienone is 1. The van der Waals surface area contributed by atoms with Gasteiger partial charge >= 0.3 is 0 Å². The molecule has 2 rings (SSSR count). The Bertz CT molecular complexity index is 571. The zero-order valence-corrected chi connectivity index (χ0v) is 10.7. The molecule has 0 spiro atoms. The predicted molar refractivity (Wildman–Crippen MR) is 80.3 cm³/mol. The maximum atomic E-state index is 9.19. The lowest BCUT2D eigenvalue weighted by atomic mass is 10.2. The Morgan fingerprint density at radius 1 is 1.05 bits per heavy atom. The van der Waals surface area contributed by atoms with Crippen LogP contribution in [0.15, 0.2) is 65.8 Å². The van der Waals surface area contributed by atoms with Gasteiger partial charge in [-0.05, 0) is 42.8 Å². The summed E-state index contributed by atoms with van der Waals surface area (Å²) in [6, 6.07) is 16.8. The van der Waals surface area contributed by atoms with Crippen LogP contribution < -0.4 is 5.43 Å². The molecule has 3 nitrogen and oxygen atoms in total. The van der Waals surface area contributed by atoms with Crippen molar-refractivity contribution in [2.45, 2.75) is 6.92 Å². The zero-order chi connectivity index (χ0) is 13.5. The van der Waals surface area contributed by atoms with Crippen LogP contribution in [0.25, 0.3) is 6.08 Å². The van der Waals surface area contributed by atoms with Crippen LogP contribution in [0.5, 0.6) is 5.75 Å². The largest absolute Gasteiger partial charge is 0.508 e. The van der Waals surface area contributed by atoms with Gasteiger partial charge in [-0.25, -0.2) is 0 Å². The molecule has 0 saturated carbocycles. The first-order valence-electron chi connectivity index (χ1n) is 6.06. The van der Waals surface area contributed by atoms with Crippen LogP contribution in [0.4, 0.5) is 5.69 Å². The topological polar surface area (TPSA) is 44.6 Å². The standard InChI is InChI=1S/C16H16N2O/c1-13(17-18-15-5-3-2-4-6-15)7-8-14-9-11-16(19)12-10-14/h2-12,18-19H,1H3. The molecule has 0 amide bonds. The van der Waals surface area contributed by atoms with Gasteiger partial charge in [-0.3, -0.25) is 5.43 Å². The Kier molecular flexibility index (Phi) is 4.34. The maximum Gasteiger partial charge on any atom is 0.115 e. The van der Waals surface area contributed by atoms with Crippen molar-refractivity contribution in [1.29, 1.82) is 0 Å². The average Bonchev–Trinajstić information content (AvgIpc) is 2.45. The number of hydrogen-bond donors (Lipinski definition) is 2. The second kappa shape index (κ2) is 6.40. The molecule has 0 heterocycles. The Balaban J connectivity index is 1.96. The summed E-state index contributed by atoms with van der Waals surface area (Å²) in [5.74, 6) is 0.272. The first kappa shape index (κ1) is 12.9. The van der Waals surface area contributed by atoms with Crippen molar-refractivity contribution in [2.24, 2.45) is 5.10 Å². The van der Waals surface area contributed by atoms with Gasteiger partial charge in [-0.15, -0.1) is 0 Å². The van der Waals surface area contributed by atoms with Crippen molar-refractivity contribution in [3.8, 4) is 5.75 Å². The monoisotopic (exact) mass is 252 g/mol. The minimum absolute atomic E-state index is 0.272. The summed E-state index contributed by atoms with van der Waals surface area (Å²) in [4.78, 5) is 0. The molecule has 96 valence electrons. The lowest BCUT2D eigenvalue weighted by molar-refractivity contribution is 0.475. The Morgan fingerprint density at radius 2 is 1.74 bits per heavy atom. The van der Waals surface area contributed by atoms with Gasteiger partial charge in [0.15, 0.2) is 0 Å². The summed E-state index contributed by atoms with van der Waals surface area (Å²) >= 11 is 0. The fourth-order valence-electron chi connectivity index (χ4n) is 1.50. The van der Waals surface area contributed by atoms with Gasteiger partial charge < -0.3 is 5.11 Å². The van der Waals surface area contributed by atoms with E-state index in [9.17, 15) is 5.11 Å². The molecule has 3 heteroatoms. The Labute approximate surface area is 112 Å². The fraction of sp³-hybridized carbons (Fsp3) is 0.0625. The molecule has 2 aromatic rings. The van der Waals surface area contributed by atoms with E-state index in [-0.39, 0.29) is 5.75 Å². The van der Waals surface area contributed by atoms with Crippen LogP contribution in [0.2, 0.25) is 0 Å². The predicted octanol–water partition coefficient (Wildman–Crippen LogP) is 3.89. The summed E-state index contributed by atoms with van der Waals surface area (Å²) in [6.45, 7) is 1.92. The van der Waals surface area contributed by atoms with Crippen LogP contribution in [0.1, 0.15) is 12.5 Å². The van der Waals surface area contributed by atoms with Crippen LogP contribution in [0, 0.1) is 0 Å². The minimum Gasteiger partial charge on any atom is -0.508 e.